The molecule has 0 spiro atoms. The van der Waals surface area contributed by atoms with Crippen molar-refractivity contribution in [2.75, 3.05) is 0 Å². The van der Waals surface area contributed by atoms with E-state index in [0.717, 1.165) is 9.50 Å². The zero-order valence-corrected chi connectivity index (χ0v) is 10.8. The second kappa shape index (κ2) is 3.48. The molecule has 0 radical (unpaired) electrons. The minimum Gasteiger partial charge on any atom is -0.135 e. The summed E-state index contributed by atoms with van der Waals surface area (Å²) in [4.78, 5) is 0. The van der Waals surface area contributed by atoms with Crippen molar-refractivity contribution in [2.24, 2.45) is 0 Å². The van der Waals surface area contributed by atoms with Crippen LogP contribution in [0.3, 0.4) is 0 Å². The Kier molecular flexibility index (Phi) is 2.23. The number of hydrogen-bond acceptors (Lipinski definition) is 1. The fourth-order valence-electron chi connectivity index (χ4n) is 1.72. The number of benzene rings is 2. The molecule has 0 nitrogen and oxygen atoms in total. The molecule has 0 amide bonds. The first-order chi connectivity index (χ1) is 7.24. The summed E-state index contributed by atoms with van der Waals surface area (Å²) < 4.78 is 3.66. The Hall–Kier alpha value is -0.570. The van der Waals surface area contributed by atoms with Crippen LogP contribution in [0.15, 0.2) is 40.9 Å². The van der Waals surface area contributed by atoms with Gasteiger partial charge in [-0.3, -0.25) is 0 Å². The van der Waals surface area contributed by atoms with Gasteiger partial charge in [-0.1, -0.05) is 33.6 Å². The normalized spacial score (nSPS) is 11.3. The number of hydrogen-bond donors (Lipinski definition) is 0. The quantitative estimate of drug-likeness (QED) is 0.516. The fraction of sp³-hybridized carbons (Fsp3) is 0. The lowest BCUT2D eigenvalue weighted by Gasteiger charge is -1.93. The summed E-state index contributed by atoms with van der Waals surface area (Å²) in [6.07, 6.45) is 0. The number of rotatable bonds is 0. The van der Waals surface area contributed by atoms with E-state index in [2.05, 4.69) is 40.2 Å². The van der Waals surface area contributed by atoms with Crippen molar-refractivity contribution < 1.29 is 0 Å². The van der Waals surface area contributed by atoms with Crippen LogP contribution in [-0.4, -0.2) is 0 Å². The smallest absolute Gasteiger partial charge is 0.0420 e. The lowest BCUT2D eigenvalue weighted by molar-refractivity contribution is 1.77. The molecule has 0 bridgehead atoms. The Morgan fingerprint density at radius 2 is 1.80 bits per heavy atom. The average Bonchev–Trinajstić information content (AvgIpc) is 2.54. The van der Waals surface area contributed by atoms with Gasteiger partial charge in [0, 0.05) is 29.7 Å². The first-order valence-corrected chi connectivity index (χ1v) is 6.50. The van der Waals surface area contributed by atoms with E-state index in [1.807, 2.05) is 12.1 Å². The summed E-state index contributed by atoms with van der Waals surface area (Å²) in [5.74, 6) is 0. The van der Waals surface area contributed by atoms with E-state index in [4.69, 9.17) is 11.6 Å². The third kappa shape index (κ3) is 1.57. The molecule has 0 saturated heterocycles. The van der Waals surface area contributed by atoms with Crippen LogP contribution in [0.2, 0.25) is 5.02 Å². The van der Waals surface area contributed by atoms with Gasteiger partial charge in [0.15, 0.2) is 0 Å². The standard InChI is InChI=1S/C12H6BrClS/c13-7-1-4-11-10(5-7)9-3-2-8(14)6-12(9)15-11/h1-6H. The molecule has 0 N–H and O–H groups in total. The number of thiophene rings is 1. The van der Waals surface area contributed by atoms with Crippen LogP contribution in [0, 0.1) is 0 Å². The second-order valence-electron chi connectivity index (χ2n) is 3.38. The highest BCUT2D eigenvalue weighted by Crippen LogP contribution is 2.36. The van der Waals surface area contributed by atoms with Gasteiger partial charge in [0.25, 0.3) is 0 Å². The molecule has 74 valence electrons. The molecule has 0 atom stereocenters. The van der Waals surface area contributed by atoms with Crippen LogP contribution in [0.1, 0.15) is 0 Å². The maximum atomic E-state index is 5.97. The molecule has 1 heterocycles. The van der Waals surface area contributed by atoms with Gasteiger partial charge in [-0.15, -0.1) is 11.3 Å². The Bertz CT molecular complexity index is 657. The molecule has 0 saturated carbocycles. The largest absolute Gasteiger partial charge is 0.135 e. The summed E-state index contributed by atoms with van der Waals surface area (Å²) in [6, 6.07) is 12.4. The van der Waals surface area contributed by atoms with E-state index in [-0.39, 0.29) is 0 Å². The maximum absolute atomic E-state index is 5.97. The predicted octanol–water partition coefficient (Wildman–Crippen LogP) is 5.47. The van der Waals surface area contributed by atoms with Crippen molar-refractivity contribution in [3.05, 3.63) is 45.9 Å². The summed E-state index contributed by atoms with van der Waals surface area (Å²) >= 11 is 11.3. The zero-order chi connectivity index (χ0) is 10.4. The minimum atomic E-state index is 0.799. The molecule has 0 aliphatic heterocycles. The van der Waals surface area contributed by atoms with Gasteiger partial charge in [-0.05, 0) is 30.3 Å². The van der Waals surface area contributed by atoms with Crippen LogP contribution in [0.5, 0.6) is 0 Å². The molecular weight excluding hydrogens is 292 g/mol. The molecule has 3 heteroatoms. The van der Waals surface area contributed by atoms with Crippen LogP contribution in [-0.2, 0) is 0 Å². The monoisotopic (exact) mass is 296 g/mol. The van der Waals surface area contributed by atoms with Gasteiger partial charge in [0.2, 0.25) is 0 Å². The molecule has 0 fully saturated rings. The molecule has 15 heavy (non-hydrogen) atoms. The van der Waals surface area contributed by atoms with Crippen molar-refractivity contribution in [3.8, 4) is 0 Å². The Balaban J connectivity index is 2.53. The summed E-state index contributed by atoms with van der Waals surface area (Å²) in [5, 5.41) is 3.37. The molecule has 3 rings (SSSR count). The Morgan fingerprint density at radius 1 is 0.933 bits per heavy atom. The molecule has 1 aromatic heterocycles. The van der Waals surface area contributed by atoms with E-state index in [1.54, 1.807) is 11.3 Å². The zero-order valence-electron chi connectivity index (χ0n) is 7.63. The highest BCUT2D eigenvalue weighted by atomic mass is 79.9. The third-order valence-corrected chi connectivity index (χ3v) is 4.26. The lowest BCUT2D eigenvalue weighted by atomic mass is 10.1. The van der Waals surface area contributed by atoms with Gasteiger partial charge >= 0.3 is 0 Å². The van der Waals surface area contributed by atoms with Gasteiger partial charge in [-0.2, -0.15) is 0 Å². The number of fused-ring (bicyclic) bond motifs is 3. The second-order valence-corrected chi connectivity index (χ2v) is 5.82. The average molecular weight is 298 g/mol. The Morgan fingerprint density at radius 3 is 2.67 bits per heavy atom. The fourth-order valence-corrected chi connectivity index (χ4v) is 3.45. The van der Waals surface area contributed by atoms with Gasteiger partial charge in [0.1, 0.15) is 0 Å². The van der Waals surface area contributed by atoms with Crippen molar-refractivity contribution in [1.29, 1.82) is 0 Å². The van der Waals surface area contributed by atoms with E-state index in [1.165, 1.54) is 20.2 Å². The highest BCUT2D eigenvalue weighted by Gasteiger charge is 2.05. The van der Waals surface area contributed by atoms with Crippen LogP contribution < -0.4 is 0 Å². The Labute approximate surface area is 105 Å². The molecule has 2 aromatic carbocycles. The van der Waals surface area contributed by atoms with Crippen LogP contribution >= 0.6 is 38.9 Å². The first-order valence-electron chi connectivity index (χ1n) is 4.51. The van der Waals surface area contributed by atoms with Crippen LogP contribution in [0.25, 0.3) is 20.2 Å². The van der Waals surface area contributed by atoms with Gasteiger partial charge < -0.3 is 0 Å². The number of halogens is 2. The van der Waals surface area contributed by atoms with E-state index in [0.29, 0.717) is 0 Å². The minimum absolute atomic E-state index is 0.799. The van der Waals surface area contributed by atoms with E-state index in [9.17, 15) is 0 Å². The van der Waals surface area contributed by atoms with Gasteiger partial charge in [-0.25, -0.2) is 0 Å². The first kappa shape index (κ1) is 9.64. The van der Waals surface area contributed by atoms with Crippen molar-refractivity contribution in [3.63, 3.8) is 0 Å². The molecular formula is C12H6BrClS. The van der Waals surface area contributed by atoms with Gasteiger partial charge in [0.05, 0.1) is 0 Å². The van der Waals surface area contributed by atoms with Crippen molar-refractivity contribution >= 4 is 59.0 Å². The molecule has 3 aromatic rings. The van der Waals surface area contributed by atoms with E-state index < -0.39 is 0 Å². The topological polar surface area (TPSA) is 0 Å². The SMILES string of the molecule is Clc1ccc2c(c1)sc1ccc(Br)cc12. The molecule has 0 aliphatic carbocycles. The summed E-state index contributed by atoms with van der Waals surface area (Å²) in [6.45, 7) is 0. The summed E-state index contributed by atoms with van der Waals surface area (Å²) in [7, 11) is 0. The van der Waals surface area contributed by atoms with Crippen molar-refractivity contribution in [1.82, 2.24) is 0 Å². The maximum Gasteiger partial charge on any atom is 0.0420 e. The molecule has 0 unspecified atom stereocenters. The third-order valence-electron chi connectivity index (χ3n) is 2.40. The summed E-state index contributed by atoms with van der Waals surface area (Å²) in [5.41, 5.74) is 0. The predicted molar refractivity (Wildman–Crippen MR) is 72.0 cm³/mol. The lowest BCUT2D eigenvalue weighted by Crippen LogP contribution is -1.67. The highest BCUT2D eigenvalue weighted by molar-refractivity contribution is 9.10. The molecule has 0 aliphatic rings. The van der Waals surface area contributed by atoms with E-state index >= 15 is 0 Å². The van der Waals surface area contributed by atoms with Crippen molar-refractivity contribution in [2.45, 2.75) is 0 Å². The van der Waals surface area contributed by atoms with Crippen LogP contribution in [0.4, 0.5) is 0 Å².